The molecular formula is C24H21NO7. The molecule has 0 atom stereocenters. The van der Waals surface area contributed by atoms with Gasteiger partial charge in [-0.3, -0.25) is 4.79 Å². The number of hydrogen-bond acceptors (Lipinski definition) is 7. The number of ketones is 1. The number of benzene rings is 3. The summed E-state index contributed by atoms with van der Waals surface area (Å²) in [5.41, 5.74) is 1.69. The highest BCUT2D eigenvalue weighted by Crippen LogP contribution is 2.43. The van der Waals surface area contributed by atoms with Crippen molar-refractivity contribution in [1.29, 1.82) is 0 Å². The van der Waals surface area contributed by atoms with Crippen LogP contribution in [-0.4, -0.2) is 45.0 Å². The molecule has 0 radical (unpaired) electrons. The number of aromatic hydroxyl groups is 4. The molecule has 0 spiro atoms. The molecule has 4 N–H and O–H groups in total. The summed E-state index contributed by atoms with van der Waals surface area (Å²) in [6.07, 6.45) is 1.69. The number of rotatable bonds is 6. The van der Waals surface area contributed by atoms with Gasteiger partial charge < -0.3 is 34.5 Å². The molecule has 0 saturated carbocycles. The number of methoxy groups -OCH3 is 2. The summed E-state index contributed by atoms with van der Waals surface area (Å²) < 4.78 is 12.6. The van der Waals surface area contributed by atoms with Gasteiger partial charge in [-0.25, -0.2) is 0 Å². The van der Waals surface area contributed by atoms with E-state index in [2.05, 4.69) is 0 Å². The third-order valence-electron chi connectivity index (χ3n) is 5.24. The molecule has 4 rings (SSSR count). The van der Waals surface area contributed by atoms with E-state index in [1.54, 1.807) is 29.0 Å². The second-order valence-corrected chi connectivity index (χ2v) is 7.22. The Hall–Kier alpha value is -4.33. The zero-order chi connectivity index (χ0) is 23.0. The van der Waals surface area contributed by atoms with Gasteiger partial charge in [0.05, 0.1) is 31.8 Å². The fraction of sp³-hybridized carbons (Fsp3) is 0.125. The van der Waals surface area contributed by atoms with E-state index in [9.17, 15) is 25.2 Å². The van der Waals surface area contributed by atoms with E-state index in [4.69, 9.17) is 9.47 Å². The first kappa shape index (κ1) is 20.9. The molecule has 0 aliphatic rings. The van der Waals surface area contributed by atoms with Crippen molar-refractivity contribution >= 4 is 16.7 Å². The van der Waals surface area contributed by atoms with Crippen LogP contribution in [0.4, 0.5) is 0 Å². The quantitative estimate of drug-likeness (QED) is 0.337. The van der Waals surface area contributed by atoms with Gasteiger partial charge in [0.25, 0.3) is 0 Å². The first-order valence-electron chi connectivity index (χ1n) is 9.64. The zero-order valence-corrected chi connectivity index (χ0v) is 17.4. The summed E-state index contributed by atoms with van der Waals surface area (Å²) >= 11 is 0. The molecule has 1 aromatic heterocycles. The lowest BCUT2D eigenvalue weighted by Crippen LogP contribution is -2.09. The molecule has 1 heterocycles. The van der Waals surface area contributed by atoms with E-state index in [-0.39, 0.29) is 40.9 Å². The molecule has 0 aliphatic heterocycles. The van der Waals surface area contributed by atoms with Crippen molar-refractivity contribution in [2.75, 3.05) is 14.2 Å². The second kappa shape index (κ2) is 8.07. The zero-order valence-electron chi connectivity index (χ0n) is 17.4. The number of fused-ring (bicyclic) bond motifs is 1. The predicted octanol–water partition coefficient (Wildman–Crippen LogP) is 4.03. The van der Waals surface area contributed by atoms with E-state index in [0.29, 0.717) is 33.5 Å². The molecule has 3 aromatic carbocycles. The van der Waals surface area contributed by atoms with E-state index in [1.807, 2.05) is 0 Å². The minimum Gasteiger partial charge on any atom is -0.508 e. The lowest BCUT2D eigenvalue weighted by molar-refractivity contribution is 0.0971. The summed E-state index contributed by atoms with van der Waals surface area (Å²) in [6.45, 7) is -0.135. The maximum absolute atomic E-state index is 12.9. The van der Waals surface area contributed by atoms with E-state index < -0.39 is 0 Å². The van der Waals surface area contributed by atoms with Gasteiger partial charge in [-0.05, 0) is 24.3 Å². The Labute approximate surface area is 183 Å². The smallest absolute Gasteiger partial charge is 0.186 e. The maximum Gasteiger partial charge on any atom is 0.186 e. The molecule has 0 fully saturated rings. The number of Topliss-reactive ketones (excluding diaryl/α,β-unsaturated/α-hetero) is 1. The Morgan fingerprint density at radius 1 is 0.844 bits per heavy atom. The van der Waals surface area contributed by atoms with Crippen molar-refractivity contribution in [3.05, 3.63) is 60.3 Å². The SMILES string of the molecule is COc1cc(OC)c2c(-c3ccc(O)cc3O)cn(CC(=O)c3ccc(O)cc3O)c2c1. The lowest BCUT2D eigenvalue weighted by Gasteiger charge is -2.10. The number of aromatic nitrogens is 1. The Morgan fingerprint density at radius 2 is 1.53 bits per heavy atom. The first-order chi connectivity index (χ1) is 15.3. The highest BCUT2D eigenvalue weighted by atomic mass is 16.5. The molecule has 32 heavy (non-hydrogen) atoms. The maximum atomic E-state index is 12.9. The van der Waals surface area contributed by atoms with E-state index in [1.165, 1.54) is 38.5 Å². The van der Waals surface area contributed by atoms with Crippen LogP contribution in [0, 0.1) is 0 Å². The van der Waals surface area contributed by atoms with Gasteiger partial charge in [-0.15, -0.1) is 0 Å². The number of carbonyl (C=O) groups is 1. The molecule has 0 unspecified atom stereocenters. The molecule has 4 aromatic rings. The van der Waals surface area contributed by atoms with Gasteiger partial charge in [0.2, 0.25) is 0 Å². The lowest BCUT2D eigenvalue weighted by atomic mass is 10.0. The molecule has 0 saturated heterocycles. The Morgan fingerprint density at radius 3 is 2.16 bits per heavy atom. The summed E-state index contributed by atoms with van der Waals surface area (Å²) in [7, 11) is 3.02. The number of phenols is 4. The van der Waals surface area contributed by atoms with Crippen LogP contribution in [-0.2, 0) is 6.54 Å². The third-order valence-corrected chi connectivity index (χ3v) is 5.24. The molecule has 0 bridgehead atoms. The first-order valence-corrected chi connectivity index (χ1v) is 9.64. The van der Waals surface area contributed by atoms with Gasteiger partial charge in [0, 0.05) is 47.0 Å². The van der Waals surface area contributed by atoms with Crippen LogP contribution < -0.4 is 9.47 Å². The van der Waals surface area contributed by atoms with Crippen molar-refractivity contribution < 1.29 is 34.7 Å². The van der Waals surface area contributed by atoms with Crippen LogP contribution in [0.5, 0.6) is 34.5 Å². The van der Waals surface area contributed by atoms with Crippen molar-refractivity contribution in [2.45, 2.75) is 6.54 Å². The van der Waals surface area contributed by atoms with Crippen molar-refractivity contribution in [3.63, 3.8) is 0 Å². The van der Waals surface area contributed by atoms with Crippen LogP contribution >= 0.6 is 0 Å². The highest BCUT2D eigenvalue weighted by Gasteiger charge is 2.21. The topological polar surface area (TPSA) is 121 Å². The average Bonchev–Trinajstić information content (AvgIpc) is 3.10. The Bertz CT molecular complexity index is 1340. The molecule has 8 heteroatoms. The second-order valence-electron chi connectivity index (χ2n) is 7.22. The minimum absolute atomic E-state index is 0.0635. The fourth-order valence-electron chi connectivity index (χ4n) is 3.72. The largest absolute Gasteiger partial charge is 0.508 e. The van der Waals surface area contributed by atoms with E-state index in [0.717, 1.165) is 6.07 Å². The highest BCUT2D eigenvalue weighted by molar-refractivity contribution is 6.04. The van der Waals surface area contributed by atoms with Crippen LogP contribution in [0.25, 0.3) is 22.0 Å². The minimum atomic E-state index is -0.386. The summed E-state index contributed by atoms with van der Waals surface area (Å²) in [6, 6.07) is 11.5. The summed E-state index contributed by atoms with van der Waals surface area (Å²) in [4.78, 5) is 12.9. The molecule has 0 amide bonds. The standard InChI is InChI=1S/C24H21NO7/c1-31-15-9-19-24(23(10-15)32-2)18(16-5-3-13(26)7-20(16)28)11-25(19)12-22(30)17-6-4-14(27)8-21(17)29/h3-11,26-29H,12H2,1-2H3. The average molecular weight is 435 g/mol. The Balaban J connectivity index is 1.91. The van der Waals surface area contributed by atoms with Gasteiger partial charge in [-0.1, -0.05) is 0 Å². The molecule has 8 nitrogen and oxygen atoms in total. The molecule has 0 aliphatic carbocycles. The van der Waals surface area contributed by atoms with Gasteiger partial charge in [0.15, 0.2) is 5.78 Å². The summed E-state index contributed by atoms with van der Waals surface area (Å²) in [5, 5.41) is 40.3. The predicted molar refractivity (Wildman–Crippen MR) is 118 cm³/mol. The van der Waals surface area contributed by atoms with Crippen molar-refractivity contribution in [1.82, 2.24) is 4.57 Å². The van der Waals surface area contributed by atoms with Crippen molar-refractivity contribution in [3.8, 4) is 45.6 Å². The number of ether oxygens (including phenoxy) is 2. The molecular weight excluding hydrogens is 414 g/mol. The monoisotopic (exact) mass is 435 g/mol. The number of carbonyl (C=O) groups excluding carboxylic acids is 1. The number of hydrogen-bond donors (Lipinski definition) is 4. The normalized spacial score (nSPS) is 10.9. The van der Waals surface area contributed by atoms with Crippen molar-refractivity contribution in [2.24, 2.45) is 0 Å². The van der Waals surface area contributed by atoms with Gasteiger partial charge in [-0.2, -0.15) is 0 Å². The Kier molecular flexibility index (Phi) is 5.28. The third kappa shape index (κ3) is 3.62. The number of phenolic OH excluding ortho intramolecular Hbond substituents is 4. The van der Waals surface area contributed by atoms with Crippen LogP contribution in [0.15, 0.2) is 54.7 Å². The van der Waals surface area contributed by atoms with E-state index >= 15 is 0 Å². The fourth-order valence-corrected chi connectivity index (χ4v) is 3.72. The van der Waals surface area contributed by atoms with Crippen LogP contribution in [0.3, 0.4) is 0 Å². The number of nitrogens with zero attached hydrogens (tertiary/aromatic N) is 1. The molecule has 164 valence electrons. The van der Waals surface area contributed by atoms with Gasteiger partial charge in [0.1, 0.15) is 34.5 Å². The van der Waals surface area contributed by atoms with Crippen LogP contribution in [0.1, 0.15) is 10.4 Å². The van der Waals surface area contributed by atoms with Crippen LogP contribution in [0.2, 0.25) is 0 Å². The van der Waals surface area contributed by atoms with Gasteiger partial charge >= 0.3 is 0 Å². The summed E-state index contributed by atoms with van der Waals surface area (Å²) in [5.74, 6) is -0.0904.